The van der Waals surface area contributed by atoms with Gasteiger partial charge in [-0.2, -0.15) is 0 Å². The topological polar surface area (TPSA) is 152 Å². The van der Waals surface area contributed by atoms with Crippen molar-refractivity contribution in [1.82, 2.24) is 21.3 Å². The maximum Gasteiger partial charge on any atom is 2.00 e. The van der Waals surface area contributed by atoms with Gasteiger partial charge in [-0.05, 0) is 0 Å². The smallest absolute Gasteiger partial charge is 0.329 e. The quantitative estimate of drug-likeness (QED) is 0.109. The summed E-state index contributed by atoms with van der Waals surface area (Å²) in [6.45, 7) is 10.3. The molecule has 9 heteroatoms. The first-order valence-electron chi connectivity index (χ1n) is 7.46. The van der Waals surface area contributed by atoms with E-state index in [1.54, 1.807) is 0 Å². The summed E-state index contributed by atoms with van der Waals surface area (Å²) in [6.07, 6.45) is 0. The fraction of sp³-hybridized carbons (Fsp3) is 1.00. The standard InChI is InChI=1S/2C6H18N4.Pd/c2*7-1-3-9-5-6-10-4-2-8;/h2*9-10H,1-8H2;/q;;+2. The molecular weight excluding hydrogens is 363 g/mol. The number of nitrogens with one attached hydrogen (secondary N) is 4. The van der Waals surface area contributed by atoms with E-state index in [9.17, 15) is 0 Å². The van der Waals surface area contributed by atoms with Crippen LogP contribution < -0.4 is 44.2 Å². The average molecular weight is 399 g/mol. The molecule has 132 valence electrons. The van der Waals surface area contributed by atoms with Crippen LogP contribution in [-0.4, -0.2) is 78.5 Å². The molecule has 0 aromatic heterocycles. The van der Waals surface area contributed by atoms with Gasteiger partial charge in [-0.15, -0.1) is 0 Å². The van der Waals surface area contributed by atoms with Crippen molar-refractivity contribution in [1.29, 1.82) is 0 Å². The van der Waals surface area contributed by atoms with E-state index in [0.29, 0.717) is 26.2 Å². The summed E-state index contributed by atoms with van der Waals surface area (Å²) in [7, 11) is 0. The van der Waals surface area contributed by atoms with Crippen LogP contribution in [0.1, 0.15) is 0 Å². The molecule has 0 unspecified atom stereocenters. The molecule has 0 heterocycles. The molecule has 0 rings (SSSR count). The van der Waals surface area contributed by atoms with Crippen LogP contribution in [0.3, 0.4) is 0 Å². The van der Waals surface area contributed by atoms with Gasteiger partial charge in [0, 0.05) is 78.5 Å². The van der Waals surface area contributed by atoms with Crippen LogP contribution in [-0.2, 0) is 20.4 Å². The number of nitrogens with two attached hydrogens (primary N) is 4. The van der Waals surface area contributed by atoms with Gasteiger partial charge < -0.3 is 44.2 Å². The Morgan fingerprint density at radius 1 is 0.381 bits per heavy atom. The van der Waals surface area contributed by atoms with Crippen molar-refractivity contribution < 1.29 is 20.4 Å². The predicted molar refractivity (Wildman–Crippen MR) is 87.7 cm³/mol. The van der Waals surface area contributed by atoms with E-state index in [0.717, 1.165) is 52.4 Å². The molecule has 21 heavy (non-hydrogen) atoms. The second kappa shape index (κ2) is 28.5. The van der Waals surface area contributed by atoms with Gasteiger partial charge in [-0.3, -0.25) is 0 Å². The molecule has 0 aliphatic heterocycles. The predicted octanol–water partition coefficient (Wildman–Crippen LogP) is -3.84. The Labute approximate surface area is 143 Å². The van der Waals surface area contributed by atoms with Gasteiger partial charge in [0.05, 0.1) is 0 Å². The maximum absolute atomic E-state index is 5.27. The Bertz CT molecular complexity index is 121. The monoisotopic (exact) mass is 398 g/mol. The van der Waals surface area contributed by atoms with Gasteiger partial charge in [-0.25, -0.2) is 0 Å². The van der Waals surface area contributed by atoms with Gasteiger partial charge in [-0.1, -0.05) is 0 Å². The van der Waals surface area contributed by atoms with E-state index >= 15 is 0 Å². The van der Waals surface area contributed by atoms with E-state index in [-0.39, 0.29) is 20.4 Å². The second-order valence-electron chi connectivity index (χ2n) is 4.15. The minimum absolute atomic E-state index is 0. The second-order valence-corrected chi connectivity index (χ2v) is 4.15. The van der Waals surface area contributed by atoms with Crippen LogP contribution >= 0.6 is 0 Å². The van der Waals surface area contributed by atoms with Gasteiger partial charge in [0.1, 0.15) is 0 Å². The van der Waals surface area contributed by atoms with E-state index in [4.69, 9.17) is 22.9 Å². The Morgan fingerprint density at radius 3 is 0.714 bits per heavy atom. The molecule has 0 aliphatic rings. The van der Waals surface area contributed by atoms with Crippen LogP contribution in [0.25, 0.3) is 0 Å². The number of hydrogen-bond donors (Lipinski definition) is 8. The fourth-order valence-corrected chi connectivity index (χ4v) is 1.26. The molecular formula is C12H36N8Pd+2. The molecule has 0 amide bonds. The third kappa shape index (κ3) is 33.3. The molecule has 0 radical (unpaired) electrons. The van der Waals surface area contributed by atoms with E-state index in [2.05, 4.69) is 21.3 Å². The molecule has 0 aromatic carbocycles. The molecule has 0 atom stereocenters. The summed E-state index contributed by atoms with van der Waals surface area (Å²) in [5.74, 6) is 0. The Hall–Kier alpha value is 0.342. The summed E-state index contributed by atoms with van der Waals surface area (Å²) in [6, 6.07) is 0. The summed E-state index contributed by atoms with van der Waals surface area (Å²) < 4.78 is 0. The molecule has 0 spiro atoms. The van der Waals surface area contributed by atoms with Crippen LogP contribution in [0, 0.1) is 0 Å². The summed E-state index contributed by atoms with van der Waals surface area (Å²) in [5.41, 5.74) is 21.1. The van der Waals surface area contributed by atoms with Crippen molar-refractivity contribution in [3.8, 4) is 0 Å². The third-order valence-electron chi connectivity index (χ3n) is 2.24. The fourth-order valence-electron chi connectivity index (χ4n) is 1.26. The van der Waals surface area contributed by atoms with Gasteiger partial charge >= 0.3 is 20.4 Å². The molecule has 0 aromatic rings. The molecule has 0 bridgehead atoms. The summed E-state index contributed by atoms with van der Waals surface area (Å²) in [4.78, 5) is 0. The average Bonchev–Trinajstić information content (AvgIpc) is 2.47. The van der Waals surface area contributed by atoms with Gasteiger partial charge in [0.25, 0.3) is 0 Å². The van der Waals surface area contributed by atoms with Gasteiger partial charge in [0.15, 0.2) is 0 Å². The van der Waals surface area contributed by atoms with Crippen molar-refractivity contribution in [3.63, 3.8) is 0 Å². The zero-order valence-electron chi connectivity index (χ0n) is 13.1. The van der Waals surface area contributed by atoms with Crippen LogP contribution in [0.4, 0.5) is 0 Å². The number of hydrogen-bond acceptors (Lipinski definition) is 8. The van der Waals surface area contributed by atoms with Crippen molar-refractivity contribution in [2.45, 2.75) is 0 Å². The van der Waals surface area contributed by atoms with Crippen LogP contribution in [0.2, 0.25) is 0 Å². The van der Waals surface area contributed by atoms with E-state index < -0.39 is 0 Å². The van der Waals surface area contributed by atoms with E-state index in [1.165, 1.54) is 0 Å². The molecule has 0 saturated carbocycles. The van der Waals surface area contributed by atoms with Gasteiger partial charge in [0.2, 0.25) is 0 Å². The largest absolute Gasteiger partial charge is 2.00 e. The first-order chi connectivity index (χ1) is 9.83. The zero-order valence-corrected chi connectivity index (χ0v) is 14.7. The number of rotatable bonds is 14. The van der Waals surface area contributed by atoms with Crippen molar-refractivity contribution in [3.05, 3.63) is 0 Å². The van der Waals surface area contributed by atoms with Crippen LogP contribution in [0.15, 0.2) is 0 Å². The SMILES string of the molecule is NCCNCCNCCN.NCCNCCNCCN.[Pd+2]. The molecule has 8 nitrogen and oxygen atoms in total. The minimum Gasteiger partial charge on any atom is -0.329 e. The molecule has 12 N–H and O–H groups in total. The summed E-state index contributed by atoms with van der Waals surface area (Å²) in [5, 5.41) is 12.7. The molecule has 0 saturated heterocycles. The van der Waals surface area contributed by atoms with E-state index in [1.807, 2.05) is 0 Å². The first-order valence-corrected chi connectivity index (χ1v) is 7.46. The zero-order chi connectivity index (χ0) is 15.3. The van der Waals surface area contributed by atoms with Crippen molar-refractivity contribution >= 4 is 0 Å². The normalized spacial score (nSPS) is 9.71. The first kappa shape index (κ1) is 26.3. The molecule has 0 aliphatic carbocycles. The minimum atomic E-state index is 0. The summed E-state index contributed by atoms with van der Waals surface area (Å²) >= 11 is 0. The van der Waals surface area contributed by atoms with Crippen LogP contribution in [0.5, 0.6) is 0 Å². The van der Waals surface area contributed by atoms with Crippen molar-refractivity contribution in [2.75, 3.05) is 78.5 Å². The molecule has 0 fully saturated rings. The third-order valence-corrected chi connectivity index (χ3v) is 2.24. The Kier molecular flexibility index (Phi) is 35.6. The van der Waals surface area contributed by atoms with Crippen molar-refractivity contribution in [2.24, 2.45) is 22.9 Å². The maximum atomic E-state index is 5.27. The Morgan fingerprint density at radius 2 is 0.571 bits per heavy atom. The Balaban J connectivity index is -0.000000295.